The Labute approximate surface area is 112 Å². The molecule has 2 aromatic rings. The number of methoxy groups -OCH3 is 1. The van der Waals surface area contributed by atoms with Gasteiger partial charge in [0.05, 0.1) is 7.11 Å². The molecular formula is C15H17NO3. The van der Waals surface area contributed by atoms with Gasteiger partial charge in [-0.05, 0) is 43.5 Å². The van der Waals surface area contributed by atoms with Crippen LogP contribution in [0.5, 0.6) is 5.75 Å². The number of benzene rings is 1. The topological polar surface area (TPSA) is 59.4 Å². The summed E-state index contributed by atoms with van der Waals surface area (Å²) in [5, 5.41) is 9.83. The summed E-state index contributed by atoms with van der Waals surface area (Å²) in [6.45, 7) is 3.95. The van der Waals surface area contributed by atoms with Crippen LogP contribution in [0.2, 0.25) is 0 Å². The number of ether oxygens (including phenoxy) is 1. The maximum absolute atomic E-state index is 10.7. The van der Waals surface area contributed by atoms with E-state index in [9.17, 15) is 4.79 Å². The molecule has 1 N–H and O–H groups in total. The Bertz CT molecular complexity index is 635. The highest BCUT2D eigenvalue weighted by molar-refractivity contribution is 5.90. The van der Waals surface area contributed by atoms with Crippen LogP contribution in [-0.4, -0.2) is 23.2 Å². The number of fused-ring (bicyclic) bond motifs is 1. The number of hydrogen-bond donors (Lipinski definition) is 1. The van der Waals surface area contributed by atoms with Crippen molar-refractivity contribution in [2.75, 3.05) is 7.11 Å². The molecule has 0 saturated heterocycles. The quantitative estimate of drug-likeness (QED) is 0.917. The van der Waals surface area contributed by atoms with Gasteiger partial charge in [-0.1, -0.05) is 6.07 Å². The summed E-state index contributed by atoms with van der Waals surface area (Å²) in [4.78, 5) is 15.3. The van der Waals surface area contributed by atoms with Crippen molar-refractivity contribution in [1.29, 1.82) is 0 Å². The maximum Gasteiger partial charge on any atom is 0.303 e. The van der Waals surface area contributed by atoms with Crippen LogP contribution >= 0.6 is 0 Å². The molecule has 0 aliphatic rings. The third-order valence-corrected chi connectivity index (χ3v) is 3.16. The summed E-state index contributed by atoms with van der Waals surface area (Å²) in [5.41, 5.74) is 3.84. The van der Waals surface area contributed by atoms with Crippen molar-refractivity contribution < 1.29 is 14.6 Å². The van der Waals surface area contributed by atoms with Crippen LogP contribution < -0.4 is 4.74 Å². The summed E-state index contributed by atoms with van der Waals surface area (Å²) in [5.74, 6) is -0.0671. The molecule has 100 valence electrons. The largest absolute Gasteiger partial charge is 0.494 e. The number of rotatable bonds is 4. The van der Waals surface area contributed by atoms with Gasteiger partial charge in [-0.3, -0.25) is 4.79 Å². The van der Waals surface area contributed by atoms with Crippen LogP contribution in [0.15, 0.2) is 18.2 Å². The molecule has 0 spiro atoms. The van der Waals surface area contributed by atoms with E-state index < -0.39 is 5.97 Å². The van der Waals surface area contributed by atoms with Crippen LogP contribution in [0, 0.1) is 13.8 Å². The van der Waals surface area contributed by atoms with Gasteiger partial charge in [0.25, 0.3) is 0 Å². The van der Waals surface area contributed by atoms with E-state index in [-0.39, 0.29) is 6.42 Å². The van der Waals surface area contributed by atoms with Gasteiger partial charge in [0, 0.05) is 17.5 Å². The number of hydrogen-bond acceptors (Lipinski definition) is 3. The first kappa shape index (κ1) is 13.3. The number of carboxylic acids is 1. The van der Waals surface area contributed by atoms with Crippen molar-refractivity contribution in [3.8, 4) is 5.75 Å². The molecule has 1 aromatic heterocycles. The van der Waals surface area contributed by atoms with Gasteiger partial charge in [-0.25, -0.2) is 4.98 Å². The monoisotopic (exact) mass is 259 g/mol. The van der Waals surface area contributed by atoms with E-state index in [4.69, 9.17) is 9.84 Å². The highest BCUT2D eigenvalue weighted by Crippen LogP contribution is 2.30. The fraction of sp³-hybridized carbons (Fsp3) is 0.333. The molecule has 0 radical (unpaired) electrons. The molecule has 1 aromatic carbocycles. The molecule has 4 nitrogen and oxygen atoms in total. The van der Waals surface area contributed by atoms with Crippen molar-refractivity contribution in [1.82, 2.24) is 4.98 Å². The number of carboxylic acid groups (broad SMARTS) is 1. The van der Waals surface area contributed by atoms with Gasteiger partial charge in [0.15, 0.2) is 0 Å². The summed E-state index contributed by atoms with van der Waals surface area (Å²) in [6.07, 6.45) is 0.621. The molecule has 19 heavy (non-hydrogen) atoms. The van der Waals surface area contributed by atoms with Crippen molar-refractivity contribution in [3.05, 3.63) is 35.0 Å². The Morgan fingerprint density at radius 2 is 2.11 bits per heavy atom. The lowest BCUT2D eigenvalue weighted by Gasteiger charge is -2.12. The molecular weight excluding hydrogens is 242 g/mol. The molecule has 1 heterocycles. The van der Waals surface area contributed by atoms with Crippen LogP contribution in [-0.2, 0) is 11.2 Å². The van der Waals surface area contributed by atoms with E-state index in [1.807, 2.05) is 32.0 Å². The zero-order valence-electron chi connectivity index (χ0n) is 11.4. The molecule has 0 aliphatic heterocycles. The number of aromatic nitrogens is 1. The lowest BCUT2D eigenvalue weighted by Crippen LogP contribution is -2.00. The molecule has 0 aliphatic carbocycles. The number of aliphatic carboxylic acids is 1. The average Bonchev–Trinajstić information content (AvgIpc) is 2.35. The normalized spacial score (nSPS) is 10.7. The highest BCUT2D eigenvalue weighted by Gasteiger charge is 2.12. The second-order valence-corrected chi connectivity index (χ2v) is 4.62. The fourth-order valence-corrected chi connectivity index (χ4v) is 2.37. The fourth-order valence-electron chi connectivity index (χ4n) is 2.37. The van der Waals surface area contributed by atoms with Crippen molar-refractivity contribution in [2.24, 2.45) is 0 Å². The number of carbonyl (C=O) groups is 1. The first-order valence-corrected chi connectivity index (χ1v) is 6.18. The first-order chi connectivity index (χ1) is 9.02. The molecule has 4 heteroatoms. The van der Waals surface area contributed by atoms with Gasteiger partial charge < -0.3 is 9.84 Å². The minimum Gasteiger partial charge on any atom is -0.494 e. The van der Waals surface area contributed by atoms with E-state index in [1.165, 1.54) is 0 Å². The molecule has 0 atom stereocenters. The molecule has 0 bridgehead atoms. The zero-order chi connectivity index (χ0) is 14.0. The smallest absolute Gasteiger partial charge is 0.303 e. The van der Waals surface area contributed by atoms with Gasteiger partial charge in [-0.15, -0.1) is 0 Å². The number of pyridine rings is 1. The lowest BCUT2D eigenvalue weighted by atomic mass is 9.99. The molecule has 2 rings (SSSR count). The first-order valence-electron chi connectivity index (χ1n) is 6.18. The number of aryl methyl sites for hydroxylation is 3. The summed E-state index contributed by atoms with van der Waals surface area (Å²) in [7, 11) is 1.62. The minimum absolute atomic E-state index is 0.120. The SMILES string of the molecule is COc1ccc(CCC(=O)O)c2c(C)cc(C)nc12. The second kappa shape index (κ2) is 5.26. The zero-order valence-corrected chi connectivity index (χ0v) is 11.4. The van der Waals surface area contributed by atoms with Crippen LogP contribution in [0.1, 0.15) is 23.2 Å². The molecule has 0 amide bonds. The molecule has 0 fully saturated rings. The highest BCUT2D eigenvalue weighted by atomic mass is 16.5. The lowest BCUT2D eigenvalue weighted by molar-refractivity contribution is -0.136. The van der Waals surface area contributed by atoms with Gasteiger partial charge >= 0.3 is 5.97 Å². The van der Waals surface area contributed by atoms with Crippen molar-refractivity contribution in [3.63, 3.8) is 0 Å². The Hall–Kier alpha value is -2.10. The van der Waals surface area contributed by atoms with Crippen LogP contribution in [0.4, 0.5) is 0 Å². The minimum atomic E-state index is -0.790. The Balaban J connectivity index is 2.63. The van der Waals surface area contributed by atoms with Crippen LogP contribution in [0.25, 0.3) is 10.9 Å². The van der Waals surface area contributed by atoms with E-state index in [0.29, 0.717) is 6.42 Å². The summed E-state index contributed by atoms with van der Waals surface area (Å²) < 4.78 is 5.34. The average molecular weight is 259 g/mol. The van der Waals surface area contributed by atoms with Crippen molar-refractivity contribution >= 4 is 16.9 Å². The van der Waals surface area contributed by atoms with Crippen LogP contribution in [0.3, 0.4) is 0 Å². The van der Waals surface area contributed by atoms with E-state index in [0.717, 1.165) is 33.5 Å². The summed E-state index contributed by atoms with van der Waals surface area (Å²) in [6, 6.07) is 5.78. The number of nitrogens with zero attached hydrogens (tertiary/aromatic N) is 1. The van der Waals surface area contributed by atoms with Gasteiger partial charge in [-0.2, -0.15) is 0 Å². The predicted molar refractivity (Wildman–Crippen MR) is 73.7 cm³/mol. The Morgan fingerprint density at radius 3 is 2.74 bits per heavy atom. The molecule has 0 unspecified atom stereocenters. The Morgan fingerprint density at radius 1 is 1.37 bits per heavy atom. The third-order valence-electron chi connectivity index (χ3n) is 3.16. The third kappa shape index (κ3) is 2.67. The predicted octanol–water partition coefficient (Wildman–Crippen LogP) is 2.88. The second-order valence-electron chi connectivity index (χ2n) is 4.62. The van der Waals surface area contributed by atoms with E-state index in [1.54, 1.807) is 7.11 Å². The summed E-state index contributed by atoms with van der Waals surface area (Å²) >= 11 is 0. The maximum atomic E-state index is 10.7. The van der Waals surface area contributed by atoms with E-state index in [2.05, 4.69) is 4.98 Å². The Kier molecular flexibility index (Phi) is 3.69. The van der Waals surface area contributed by atoms with Gasteiger partial charge in [0.1, 0.15) is 11.3 Å². The van der Waals surface area contributed by atoms with E-state index >= 15 is 0 Å². The van der Waals surface area contributed by atoms with Crippen molar-refractivity contribution in [2.45, 2.75) is 26.7 Å². The molecule has 0 saturated carbocycles. The standard InChI is InChI=1S/C15H17NO3/c1-9-8-10(2)16-15-12(19-3)6-4-11(14(9)15)5-7-13(17)18/h4,6,8H,5,7H2,1-3H3,(H,17,18). The van der Waals surface area contributed by atoms with Gasteiger partial charge in [0.2, 0.25) is 0 Å².